The molecule has 0 aromatic heterocycles. The van der Waals surface area contributed by atoms with E-state index in [-0.39, 0.29) is 6.10 Å². The van der Waals surface area contributed by atoms with Crippen molar-refractivity contribution in [1.82, 2.24) is 0 Å². The highest BCUT2D eigenvalue weighted by molar-refractivity contribution is 6.78. The van der Waals surface area contributed by atoms with E-state index in [2.05, 4.69) is 25.7 Å². The molecule has 0 amide bonds. The summed E-state index contributed by atoms with van der Waals surface area (Å²) in [7, 11) is -1.01. The van der Waals surface area contributed by atoms with Gasteiger partial charge in [-0.2, -0.15) is 0 Å². The summed E-state index contributed by atoms with van der Waals surface area (Å²) in [5.74, 6) is 0. The maximum atomic E-state index is 9.94. The molecular weight excluding hydrogens is 188 g/mol. The van der Waals surface area contributed by atoms with Gasteiger partial charge < -0.3 is 5.11 Å². The van der Waals surface area contributed by atoms with Crippen LogP contribution < -0.4 is 0 Å². The number of aliphatic hydroxyl groups excluding tert-OH is 1. The van der Waals surface area contributed by atoms with Gasteiger partial charge in [-0.1, -0.05) is 31.3 Å². The van der Waals surface area contributed by atoms with Crippen LogP contribution in [0.5, 0.6) is 0 Å². The van der Waals surface area contributed by atoms with Gasteiger partial charge in [0.1, 0.15) is 0 Å². The van der Waals surface area contributed by atoms with Crippen molar-refractivity contribution in [3.05, 3.63) is 24.3 Å². The van der Waals surface area contributed by atoms with Crippen LogP contribution in [0.3, 0.4) is 0 Å². The first-order valence-corrected chi connectivity index (χ1v) is 8.94. The van der Waals surface area contributed by atoms with Gasteiger partial charge in [-0.15, -0.1) is 6.58 Å². The van der Waals surface area contributed by atoms with E-state index < -0.39 is 8.07 Å². The molecule has 0 spiro atoms. The molecule has 1 unspecified atom stereocenters. The Hall–Kier alpha value is -0.343. The summed E-state index contributed by atoms with van der Waals surface area (Å²) in [6, 6.07) is 2.57. The zero-order chi connectivity index (χ0) is 10.6. The minimum atomic E-state index is -1.01. The molecule has 0 saturated heterocycles. The van der Waals surface area contributed by atoms with Gasteiger partial charge in [0.05, 0.1) is 14.2 Å². The second-order valence-electron chi connectivity index (χ2n) is 5.04. The van der Waals surface area contributed by atoms with Crippen molar-refractivity contribution in [3.8, 4) is 0 Å². The fourth-order valence-electron chi connectivity index (χ4n) is 2.08. The lowest BCUT2D eigenvalue weighted by molar-refractivity contribution is 0.200. The summed E-state index contributed by atoms with van der Waals surface area (Å²) in [5, 5.41) is 9.94. The highest BCUT2D eigenvalue weighted by Crippen LogP contribution is 2.31. The fraction of sp³-hybridized carbons (Fsp3) is 0.667. The SMILES string of the molecule is C=CCCC(O)C1=CCC[Si](C)(C)C1. The van der Waals surface area contributed by atoms with E-state index >= 15 is 0 Å². The first kappa shape index (κ1) is 11.7. The lowest BCUT2D eigenvalue weighted by atomic mass is 10.1. The van der Waals surface area contributed by atoms with Crippen LogP contribution in [0.1, 0.15) is 19.3 Å². The molecule has 0 radical (unpaired) electrons. The van der Waals surface area contributed by atoms with E-state index in [1.807, 2.05) is 6.08 Å². The smallest absolute Gasteiger partial charge is 0.0750 e. The van der Waals surface area contributed by atoms with Gasteiger partial charge in [-0.05, 0) is 30.9 Å². The molecule has 1 heterocycles. The molecule has 1 aliphatic heterocycles. The minimum Gasteiger partial charge on any atom is -0.389 e. The summed E-state index contributed by atoms with van der Waals surface area (Å²) >= 11 is 0. The zero-order valence-corrected chi connectivity index (χ0v) is 10.4. The van der Waals surface area contributed by atoms with Gasteiger partial charge >= 0.3 is 0 Å². The lowest BCUT2D eigenvalue weighted by Gasteiger charge is -2.30. The third-order valence-corrected chi connectivity index (χ3v) is 5.99. The summed E-state index contributed by atoms with van der Waals surface area (Å²) in [6.45, 7) is 8.52. The van der Waals surface area contributed by atoms with Crippen molar-refractivity contribution in [2.75, 3.05) is 0 Å². The molecule has 0 fully saturated rings. The minimum absolute atomic E-state index is 0.208. The standard InChI is InChI=1S/C12H22OSi/c1-4-5-8-12(13)11-7-6-9-14(2,3)10-11/h4,7,12-13H,1,5-6,8-10H2,2-3H3. The van der Waals surface area contributed by atoms with Gasteiger partial charge in [0.25, 0.3) is 0 Å². The third kappa shape index (κ3) is 3.43. The second kappa shape index (κ2) is 4.94. The molecule has 1 atom stereocenters. The van der Waals surface area contributed by atoms with E-state index in [4.69, 9.17) is 0 Å². The topological polar surface area (TPSA) is 20.2 Å². The Balaban J connectivity index is 2.51. The van der Waals surface area contributed by atoms with E-state index in [1.54, 1.807) is 0 Å². The molecule has 0 aliphatic carbocycles. The quantitative estimate of drug-likeness (QED) is 0.557. The van der Waals surface area contributed by atoms with E-state index in [9.17, 15) is 5.11 Å². The highest BCUT2D eigenvalue weighted by Gasteiger charge is 2.27. The molecule has 0 aromatic carbocycles. The largest absolute Gasteiger partial charge is 0.389 e. The van der Waals surface area contributed by atoms with Crippen molar-refractivity contribution < 1.29 is 5.11 Å². The van der Waals surface area contributed by atoms with Crippen molar-refractivity contribution in [2.24, 2.45) is 0 Å². The molecule has 1 aliphatic rings. The molecular formula is C12H22OSi. The average Bonchev–Trinajstić information content (AvgIpc) is 2.12. The van der Waals surface area contributed by atoms with Crippen molar-refractivity contribution in [1.29, 1.82) is 0 Å². The van der Waals surface area contributed by atoms with Crippen LogP contribution in [0.15, 0.2) is 24.3 Å². The second-order valence-corrected chi connectivity index (χ2v) is 10.2. The Kier molecular flexibility index (Phi) is 4.14. The number of aliphatic hydroxyl groups is 1. The van der Waals surface area contributed by atoms with Crippen LogP contribution in [-0.4, -0.2) is 19.3 Å². The van der Waals surface area contributed by atoms with Crippen LogP contribution in [0.25, 0.3) is 0 Å². The Labute approximate surface area is 88.5 Å². The molecule has 0 aromatic rings. The number of hydrogen-bond donors (Lipinski definition) is 1. The number of allylic oxidation sites excluding steroid dienone is 2. The molecule has 1 N–H and O–H groups in total. The normalized spacial score (nSPS) is 22.6. The van der Waals surface area contributed by atoms with E-state index in [0.29, 0.717) is 0 Å². The van der Waals surface area contributed by atoms with Crippen LogP contribution in [0.4, 0.5) is 0 Å². The monoisotopic (exact) mass is 210 g/mol. The summed E-state index contributed by atoms with van der Waals surface area (Å²) < 4.78 is 0. The third-order valence-electron chi connectivity index (χ3n) is 2.98. The van der Waals surface area contributed by atoms with E-state index in [0.717, 1.165) is 12.8 Å². The Bertz CT molecular complexity index is 230. The predicted octanol–water partition coefficient (Wildman–Crippen LogP) is 3.35. The number of rotatable bonds is 4. The van der Waals surface area contributed by atoms with E-state index in [1.165, 1.54) is 24.1 Å². The van der Waals surface area contributed by atoms with Crippen LogP contribution in [0.2, 0.25) is 25.2 Å². The molecule has 14 heavy (non-hydrogen) atoms. The molecule has 0 bridgehead atoms. The Morgan fingerprint density at radius 2 is 2.36 bits per heavy atom. The predicted molar refractivity (Wildman–Crippen MR) is 65.2 cm³/mol. The first-order chi connectivity index (χ1) is 6.55. The summed E-state index contributed by atoms with van der Waals surface area (Å²) in [6.07, 6.45) is 6.88. The number of hydrogen-bond acceptors (Lipinski definition) is 1. The fourth-order valence-corrected chi connectivity index (χ4v) is 4.66. The van der Waals surface area contributed by atoms with Crippen molar-refractivity contribution in [2.45, 2.75) is 50.5 Å². The van der Waals surface area contributed by atoms with Crippen LogP contribution >= 0.6 is 0 Å². The summed E-state index contributed by atoms with van der Waals surface area (Å²) in [5.41, 5.74) is 1.30. The maximum Gasteiger partial charge on any atom is 0.0750 e. The summed E-state index contributed by atoms with van der Waals surface area (Å²) in [4.78, 5) is 0. The molecule has 1 rings (SSSR count). The van der Waals surface area contributed by atoms with Gasteiger partial charge in [0.2, 0.25) is 0 Å². The van der Waals surface area contributed by atoms with Crippen LogP contribution in [-0.2, 0) is 0 Å². The average molecular weight is 210 g/mol. The molecule has 1 nitrogen and oxygen atoms in total. The van der Waals surface area contributed by atoms with Crippen molar-refractivity contribution >= 4 is 8.07 Å². The zero-order valence-electron chi connectivity index (χ0n) is 9.42. The van der Waals surface area contributed by atoms with Gasteiger partial charge in [-0.3, -0.25) is 0 Å². The van der Waals surface area contributed by atoms with Gasteiger partial charge in [-0.25, -0.2) is 0 Å². The molecule has 0 saturated carbocycles. The highest BCUT2D eigenvalue weighted by atomic mass is 28.3. The van der Waals surface area contributed by atoms with Crippen LogP contribution in [0, 0.1) is 0 Å². The lowest BCUT2D eigenvalue weighted by Crippen LogP contribution is -2.30. The Morgan fingerprint density at radius 3 is 2.93 bits per heavy atom. The molecule has 80 valence electrons. The molecule has 2 heteroatoms. The maximum absolute atomic E-state index is 9.94. The Morgan fingerprint density at radius 1 is 1.64 bits per heavy atom. The first-order valence-electron chi connectivity index (χ1n) is 5.53. The van der Waals surface area contributed by atoms with Gasteiger partial charge in [0.15, 0.2) is 0 Å². The van der Waals surface area contributed by atoms with Crippen molar-refractivity contribution in [3.63, 3.8) is 0 Å². The van der Waals surface area contributed by atoms with Gasteiger partial charge in [0, 0.05) is 0 Å².